The van der Waals surface area contributed by atoms with Gasteiger partial charge in [-0.2, -0.15) is 0 Å². The van der Waals surface area contributed by atoms with Crippen molar-refractivity contribution in [2.75, 3.05) is 0 Å². The van der Waals surface area contributed by atoms with Crippen molar-refractivity contribution in [2.24, 2.45) is 0 Å². The second-order valence-electron chi connectivity index (χ2n) is 3.82. The molecule has 0 radical (unpaired) electrons. The fraction of sp³-hybridized carbons (Fsp3) is 0.400. The van der Waals surface area contributed by atoms with E-state index in [1.165, 1.54) is 12.1 Å². The van der Waals surface area contributed by atoms with E-state index >= 15 is 0 Å². The van der Waals surface area contributed by atoms with Gasteiger partial charge >= 0.3 is 0 Å². The monoisotopic (exact) mass is 328 g/mol. The second-order valence-corrected chi connectivity index (χ2v) is 7.45. The topological polar surface area (TPSA) is 34.1 Å². The summed E-state index contributed by atoms with van der Waals surface area (Å²) in [4.78, 5) is 0. The van der Waals surface area contributed by atoms with Crippen LogP contribution in [0.25, 0.3) is 0 Å². The minimum Gasteiger partial charge on any atom is -0.212 e. The van der Waals surface area contributed by atoms with Crippen molar-refractivity contribution in [1.82, 2.24) is 0 Å². The zero-order valence-electron chi connectivity index (χ0n) is 8.80. The van der Waals surface area contributed by atoms with E-state index < -0.39 is 9.05 Å². The molecule has 1 aromatic carbocycles. The van der Waals surface area contributed by atoms with Gasteiger partial charge in [-0.15, -0.1) is 0 Å². The molecule has 0 N–H and O–H groups in total. The summed E-state index contributed by atoms with van der Waals surface area (Å²) in [5, 5.41) is 0. The molecular formula is C10H11BrClFO2S. The molecule has 0 amide bonds. The zero-order valence-corrected chi connectivity index (χ0v) is 12.0. The van der Waals surface area contributed by atoms with Crippen LogP contribution in [0.4, 0.5) is 4.39 Å². The van der Waals surface area contributed by atoms with Crippen LogP contribution in [0.2, 0.25) is 0 Å². The Labute approximate surface area is 107 Å². The molecule has 0 aliphatic rings. The molecule has 1 aromatic rings. The molecule has 90 valence electrons. The van der Waals surface area contributed by atoms with Crippen molar-refractivity contribution in [1.29, 1.82) is 0 Å². The molecule has 2 nitrogen and oxygen atoms in total. The van der Waals surface area contributed by atoms with Crippen LogP contribution in [0.3, 0.4) is 0 Å². The Balaban J connectivity index is 3.24. The first-order valence-electron chi connectivity index (χ1n) is 4.61. The summed E-state index contributed by atoms with van der Waals surface area (Å²) in [5.41, 5.74) is 0.955. The molecule has 0 saturated heterocycles. The third-order valence-electron chi connectivity index (χ3n) is 2.08. The van der Waals surface area contributed by atoms with Gasteiger partial charge in [-0.1, -0.05) is 19.9 Å². The fourth-order valence-electron chi connectivity index (χ4n) is 1.37. The first kappa shape index (κ1) is 13.9. The maximum absolute atomic E-state index is 13.6. The van der Waals surface area contributed by atoms with Gasteiger partial charge in [0, 0.05) is 10.7 Å². The Morgan fingerprint density at radius 2 is 2.00 bits per heavy atom. The van der Waals surface area contributed by atoms with E-state index in [4.69, 9.17) is 10.7 Å². The highest BCUT2D eigenvalue weighted by atomic mass is 79.9. The summed E-state index contributed by atoms with van der Waals surface area (Å²) in [5.74, 6) is -0.673. The minimum atomic E-state index is -3.62. The highest BCUT2D eigenvalue weighted by molar-refractivity contribution is 9.10. The lowest BCUT2D eigenvalue weighted by Crippen LogP contribution is -2.00. The van der Waals surface area contributed by atoms with Crippen LogP contribution in [0.1, 0.15) is 30.9 Å². The van der Waals surface area contributed by atoms with Crippen molar-refractivity contribution < 1.29 is 12.8 Å². The largest absolute Gasteiger partial charge is 0.236 e. The van der Waals surface area contributed by atoms with E-state index in [0.717, 1.165) is 0 Å². The summed E-state index contributed by atoms with van der Waals surface area (Å²) in [6.45, 7) is 3.67. The molecular weight excluding hydrogens is 319 g/mol. The molecule has 0 heterocycles. The third kappa shape index (κ3) is 3.71. The third-order valence-corrected chi connectivity index (χ3v) is 3.66. The van der Waals surface area contributed by atoms with Gasteiger partial charge in [0.25, 0.3) is 0 Å². The van der Waals surface area contributed by atoms with E-state index in [1.54, 1.807) is 0 Å². The van der Waals surface area contributed by atoms with E-state index in [1.807, 2.05) is 13.8 Å². The van der Waals surface area contributed by atoms with Crippen molar-refractivity contribution in [3.05, 3.63) is 33.5 Å². The SMILES string of the molecule is CC(C)c1cc(CS(=O)(=O)Cl)cc(Br)c1F. The van der Waals surface area contributed by atoms with Crippen LogP contribution in [0.5, 0.6) is 0 Å². The lowest BCUT2D eigenvalue weighted by molar-refractivity contribution is 0.590. The molecule has 0 aromatic heterocycles. The Kier molecular flexibility index (Phi) is 4.37. The smallest absolute Gasteiger partial charge is 0.212 e. The predicted octanol–water partition coefficient (Wildman–Crippen LogP) is 3.78. The predicted molar refractivity (Wildman–Crippen MR) is 66.7 cm³/mol. The van der Waals surface area contributed by atoms with Crippen LogP contribution in [0.15, 0.2) is 16.6 Å². The van der Waals surface area contributed by atoms with Crippen LogP contribution in [-0.2, 0) is 14.8 Å². The van der Waals surface area contributed by atoms with Gasteiger partial charge in [-0.3, -0.25) is 0 Å². The Hall–Kier alpha value is -0.130. The highest BCUT2D eigenvalue weighted by Crippen LogP contribution is 2.27. The first-order valence-corrected chi connectivity index (χ1v) is 7.88. The fourth-order valence-corrected chi connectivity index (χ4v) is 2.84. The molecule has 0 bridgehead atoms. The van der Waals surface area contributed by atoms with Crippen molar-refractivity contribution in [3.8, 4) is 0 Å². The minimum absolute atomic E-state index is 0.0192. The van der Waals surface area contributed by atoms with Gasteiger partial charge in [0.05, 0.1) is 10.2 Å². The van der Waals surface area contributed by atoms with E-state index in [0.29, 0.717) is 11.1 Å². The Bertz CT molecular complexity index is 500. The number of benzene rings is 1. The highest BCUT2D eigenvalue weighted by Gasteiger charge is 2.15. The van der Waals surface area contributed by atoms with Crippen molar-refractivity contribution >= 4 is 35.7 Å². The zero-order chi connectivity index (χ0) is 12.5. The molecule has 0 aliphatic carbocycles. The summed E-state index contributed by atoms with van der Waals surface area (Å²) in [6, 6.07) is 2.96. The van der Waals surface area contributed by atoms with Gasteiger partial charge in [-0.25, -0.2) is 12.8 Å². The Morgan fingerprint density at radius 3 is 2.44 bits per heavy atom. The summed E-state index contributed by atoms with van der Waals surface area (Å²) in [6.07, 6.45) is 0. The van der Waals surface area contributed by atoms with Crippen LogP contribution in [-0.4, -0.2) is 8.42 Å². The van der Waals surface area contributed by atoms with Crippen LogP contribution < -0.4 is 0 Å². The first-order chi connectivity index (χ1) is 7.20. The maximum atomic E-state index is 13.6. The van der Waals surface area contributed by atoms with E-state index in [2.05, 4.69) is 15.9 Å². The Morgan fingerprint density at radius 1 is 1.44 bits per heavy atom. The van der Waals surface area contributed by atoms with Gasteiger partial charge in [0.2, 0.25) is 9.05 Å². The van der Waals surface area contributed by atoms with Gasteiger partial charge < -0.3 is 0 Å². The van der Waals surface area contributed by atoms with Crippen molar-refractivity contribution in [2.45, 2.75) is 25.5 Å². The summed E-state index contributed by atoms with van der Waals surface area (Å²) in [7, 11) is 1.53. The average Bonchev–Trinajstić information content (AvgIpc) is 2.07. The van der Waals surface area contributed by atoms with Gasteiger partial charge in [-0.05, 0) is 39.0 Å². The standard InChI is InChI=1S/C10H11BrClFO2S/c1-6(2)8-3-7(5-16(12,14)15)4-9(11)10(8)13/h3-4,6H,5H2,1-2H3. The van der Waals surface area contributed by atoms with E-state index in [9.17, 15) is 12.8 Å². The number of hydrogen-bond acceptors (Lipinski definition) is 2. The molecule has 0 fully saturated rings. The molecule has 0 unspecified atom stereocenters. The molecule has 6 heteroatoms. The average molecular weight is 330 g/mol. The van der Waals surface area contributed by atoms with Crippen LogP contribution in [0, 0.1) is 5.82 Å². The van der Waals surface area contributed by atoms with Crippen LogP contribution >= 0.6 is 26.6 Å². The molecule has 16 heavy (non-hydrogen) atoms. The van der Waals surface area contributed by atoms with Crippen molar-refractivity contribution in [3.63, 3.8) is 0 Å². The quantitative estimate of drug-likeness (QED) is 0.791. The van der Waals surface area contributed by atoms with Gasteiger partial charge in [0.15, 0.2) is 0 Å². The van der Waals surface area contributed by atoms with Gasteiger partial charge in [0.1, 0.15) is 5.82 Å². The molecule has 0 aliphatic heterocycles. The molecule has 0 spiro atoms. The summed E-state index contributed by atoms with van der Waals surface area (Å²) < 4.78 is 35.8. The summed E-state index contributed by atoms with van der Waals surface area (Å²) >= 11 is 3.06. The number of halogens is 3. The molecule has 0 saturated carbocycles. The van der Waals surface area contributed by atoms with E-state index in [-0.39, 0.29) is 22.0 Å². The molecule has 1 rings (SSSR count). The number of hydrogen-bond donors (Lipinski definition) is 0. The lowest BCUT2D eigenvalue weighted by atomic mass is 10.0. The number of rotatable bonds is 3. The normalized spacial score (nSPS) is 12.1. The maximum Gasteiger partial charge on any atom is 0.236 e. The molecule has 0 atom stereocenters. The lowest BCUT2D eigenvalue weighted by Gasteiger charge is -2.10. The second kappa shape index (κ2) is 5.02.